The Kier molecular flexibility index (Phi) is 4.15. The van der Waals surface area contributed by atoms with E-state index in [1.165, 1.54) is 0 Å². The molecular weight excluding hydrogens is 212 g/mol. The predicted molar refractivity (Wildman–Crippen MR) is 54.9 cm³/mol. The lowest BCUT2D eigenvalue weighted by molar-refractivity contribution is -0.157. The second-order valence-electron chi connectivity index (χ2n) is 4.39. The van der Waals surface area contributed by atoms with Gasteiger partial charge in [-0.15, -0.1) is 0 Å². The van der Waals surface area contributed by atoms with Crippen molar-refractivity contribution >= 4 is 5.97 Å². The van der Waals surface area contributed by atoms with Gasteiger partial charge in [0.2, 0.25) is 0 Å². The maximum atomic E-state index is 11.3. The van der Waals surface area contributed by atoms with Gasteiger partial charge in [0, 0.05) is 0 Å². The molecular formula is C11H18O5. The van der Waals surface area contributed by atoms with Gasteiger partial charge in [0.1, 0.15) is 18.8 Å². The SMILES string of the molecule is O=C(COCC1CO1)OC1CCC(O)CC1. The van der Waals surface area contributed by atoms with Crippen molar-refractivity contribution in [1.29, 1.82) is 0 Å². The number of epoxide rings is 1. The standard InChI is InChI=1S/C11H18O5/c12-8-1-3-9(4-2-8)16-11(13)7-14-5-10-6-15-10/h8-10,12H,1-7H2. The minimum Gasteiger partial charge on any atom is -0.461 e. The summed E-state index contributed by atoms with van der Waals surface area (Å²) in [6.45, 7) is 1.20. The molecule has 2 aliphatic rings. The number of esters is 1. The van der Waals surface area contributed by atoms with Crippen LogP contribution >= 0.6 is 0 Å². The highest BCUT2D eigenvalue weighted by atomic mass is 16.6. The molecule has 0 aromatic carbocycles. The lowest BCUT2D eigenvalue weighted by atomic mass is 9.95. The third-order valence-electron chi connectivity index (χ3n) is 2.87. The summed E-state index contributed by atoms with van der Waals surface area (Å²) in [7, 11) is 0. The molecule has 1 saturated carbocycles. The van der Waals surface area contributed by atoms with E-state index in [0.717, 1.165) is 19.4 Å². The maximum absolute atomic E-state index is 11.3. The number of aliphatic hydroxyl groups is 1. The third kappa shape index (κ3) is 4.08. The van der Waals surface area contributed by atoms with Crippen molar-refractivity contribution in [2.24, 2.45) is 0 Å². The Morgan fingerprint density at radius 2 is 2.00 bits per heavy atom. The van der Waals surface area contributed by atoms with Gasteiger partial charge in [-0.05, 0) is 25.7 Å². The first kappa shape index (κ1) is 11.8. The van der Waals surface area contributed by atoms with E-state index in [4.69, 9.17) is 14.2 Å². The van der Waals surface area contributed by atoms with E-state index < -0.39 is 0 Å². The number of carbonyl (C=O) groups excluding carboxylic acids is 1. The Balaban J connectivity index is 1.55. The minimum atomic E-state index is -0.318. The Hall–Kier alpha value is -0.650. The van der Waals surface area contributed by atoms with Crippen molar-refractivity contribution in [3.8, 4) is 0 Å². The quantitative estimate of drug-likeness (QED) is 0.541. The van der Waals surface area contributed by atoms with Crippen LogP contribution in [-0.4, -0.2) is 49.2 Å². The number of hydrogen-bond acceptors (Lipinski definition) is 5. The van der Waals surface area contributed by atoms with Crippen LogP contribution in [0, 0.1) is 0 Å². The fraction of sp³-hybridized carbons (Fsp3) is 0.909. The molecule has 1 aliphatic carbocycles. The zero-order valence-electron chi connectivity index (χ0n) is 9.26. The first-order valence-corrected chi connectivity index (χ1v) is 5.81. The van der Waals surface area contributed by atoms with E-state index in [1.54, 1.807) is 0 Å². The van der Waals surface area contributed by atoms with Crippen molar-refractivity contribution in [2.45, 2.75) is 44.0 Å². The first-order chi connectivity index (χ1) is 7.74. The molecule has 5 heteroatoms. The summed E-state index contributed by atoms with van der Waals surface area (Å²) in [5.74, 6) is -0.318. The Morgan fingerprint density at radius 3 is 2.62 bits per heavy atom. The Bertz CT molecular complexity index is 231. The molecule has 5 nitrogen and oxygen atoms in total. The van der Waals surface area contributed by atoms with Crippen LogP contribution in [0.4, 0.5) is 0 Å². The second kappa shape index (κ2) is 5.61. The highest BCUT2D eigenvalue weighted by Crippen LogP contribution is 2.21. The second-order valence-corrected chi connectivity index (χ2v) is 4.39. The maximum Gasteiger partial charge on any atom is 0.332 e. The summed E-state index contributed by atoms with van der Waals surface area (Å²) in [5.41, 5.74) is 0. The molecule has 92 valence electrons. The minimum absolute atomic E-state index is 0.00108. The van der Waals surface area contributed by atoms with Crippen LogP contribution < -0.4 is 0 Å². The molecule has 1 atom stereocenters. The van der Waals surface area contributed by atoms with Crippen molar-refractivity contribution in [1.82, 2.24) is 0 Å². The number of carbonyl (C=O) groups is 1. The normalized spacial score (nSPS) is 33.4. The molecule has 1 unspecified atom stereocenters. The first-order valence-electron chi connectivity index (χ1n) is 5.81. The van der Waals surface area contributed by atoms with Crippen molar-refractivity contribution in [2.75, 3.05) is 19.8 Å². The molecule has 2 fully saturated rings. The lowest BCUT2D eigenvalue weighted by Gasteiger charge is -2.25. The molecule has 1 N–H and O–H groups in total. The number of hydrogen-bond donors (Lipinski definition) is 1. The Labute approximate surface area is 94.7 Å². The third-order valence-corrected chi connectivity index (χ3v) is 2.87. The molecule has 1 aliphatic heterocycles. The van der Waals surface area contributed by atoms with Crippen molar-refractivity contribution < 1.29 is 24.1 Å². The highest BCUT2D eigenvalue weighted by molar-refractivity contribution is 5.70. The van der Waals surface area contributed by atoms with Gasteiger partial charge in [-0.3, -0.25) is 0 Å². The van der Waals surface area contributed by atoms with Crippen LogP contribution in [0.5, 0.6) is 0 Å². The van der Waals surface area contributed by atoms with E-state index in [0.29, 0.717) is 19.4 Å². The van der Waals surface area contributed by atoms with E-state index >= 15 is 0 Å². The topological polar surface area (TPSA) is 68.3 Å². The van der Waals surface area contributed by atoms with Gasteiger partial charge in [-0.25, -0.2) is 4.79 Å². The van der Waals surface area contributed by atoms with Gasteiger partial charge >= 0.3 is 5.97 Å². The summed E-state index contributed by atoms with van der Waals surface area (Å²) in [6, 6.07) is 0. The van der Waals surface area contributed by atoms with Crippen LogP contribution in [0.25, 0.3) is 0 Å². The van der Waals surface area contributed by atoms with Gasteiger partial charge in [0.05, 0.1) is 19.3 Å². The molecule has 2 rings (SSSR count). The molecule has 1 saturated heterocycles. The number of rotatable bonds is 5. The van der Waals surface area contributed by atoms with Crippen molar-refractivity contribution in [3.05, 3.63) is 0 Å². The van der Waals surface area contributed by atoms with Gasteiger partial charge < -0.3 is 19.3 Å². The van der Waals surface area contributed by atoms with E-state index in [9.17, 15) is 9.90 Å². The molecule has 16 heavy (non-hydrogen) atoms. The fourth-order valence-electron chi connectivity index (χ4n) is 1.82. The summed E-state index contributed by atoms with van der Waals surface area (Å²) < 4.78 is 15.3. The fourth-order valence-corrected chi connectivity index (χ4v) is 1.82. The van der Waals surface area contributed by atoms with Gasteiger partial charge in [0.25, 0.3) is 0 Å². The zero-order valence-corrected chi connectivity index (χ0v) is 9.26. The smallest absolute Gasteiger partial charge is 0.332 e. The molecule has 0 bridgehead atoms. The summed E-state index contributed by atoms with van der Waals surface area (Å²) >= 11 is 0. The summed E-state index contributed by atoms with van der Waals surface area (Å²) in [4.78, 5) is 11.3. The summed E-state index contributed by atoms with van der Waals surface area (Å²) in [5, 5.41) is 9.29. The van der Waals surface area contributed by atoms with Crippen LogP contribution in [0.15, 0.2) is 0 Å². The van der Waals surface area contributed by atoms with Gasteiger partial charge in [-0.1, -0.05) is 0 Å². The van der Waals surface area contributed by atoms with E-state index in [-0.39, 0.29) is 30.9 Å². The largest absolute Gasteiger partial charge is 0.461 e. The average Bonchev–Trinajstić information content (AvgIpc) is 3.05. The van der Waals surface area contributed by atoms with Gasteiger partial charge in [0.15, 0.2) is 0 Å². The molecule has 0 spiro atoms. The lowest BCUT2D eigenvalue weighted by Crippen LogP contribution is -2.28. The van der Waals surface area contributed by atoms with Crippen LogP contribution in [-0.2, 0) is 19.0 Å². The van der Waals surface area contributed by atoms with Crippen LogP contribution in [0.3, 0.4) is 0 Å². The Morgan fingerprint density at radius 1 is 1.31 bits per heavy atom. The molecule has 0 amide bonds. The van der Waals surface area contributed by atoms with Crippen molar-refractivity contribution in [3.63, 3.8) is 0 Å². The van der Waals surface area contributed by atoms with E-state index in [1.807, 2.05) is 0 Å². The van der Waals surface area contributed by atoms with Crippen LogP contribution in [0.1, 0.15) is 25.7 Å². The molecule has 0 radical (unpaired) electrons. The highest BCUT2D eigenvalue weighted by Gasteiger charge is 2.24. The number of ether oxygens (including phenoxy) is 3. The zero-order chi connectivity index (χ0) is 11.4. The van der Waals surface area contributed by atoms with E-state index in [2.05, 4.69) is 0 Å². The average molecular weight is 230 g/mol. The predicted octanol–water partition coefficient (Wildman–Crippen LogP) is 0.248. The monoisotopic (exact) mass is 230 g/mol. The van der Waals surface area contributed by atoms with Gasteiger partial charge in [-0.2, -0.15) is 0 Å². The molecule has 0 aromatic heterocycles. The molecule has 1 heterocycles. The summed E-state index contributed by atoms with van der Waals surface area (Å²) in [6.07, 6.45) is 2.84. The molecule has 0 aromatic rings. The van der Waals surface area contributed by atoms with Crippen LogP contribution in [0.2, 0.25) is 0 Å². The number of aliphatic hydroxyl groups excluding tert-OH is 1.